The maximum Gasteiger partial charge on any atom is 0.263 e. The van der Waals surface area contributed by atoms with E-state index in [4.69, 9.17) is 14.0 Å². The summed E-state index contributed by atoms with van der Waals surface area (Å²) >= 11 is 0. The Labute approximate surface area is 160 Å². The van der Waals surface area contributed by atoms with E-state index in [1.807, 2.05) is 38.1 Å². The number of benzene rings is 2. The average Bonchev–Trinajstić information content (AvgIpc) is 3.19. The van der Waals surface area contributed by atoms with Gasteiger partial charge >= 0.3 is 0 Å². The van der Waals surface area contributed by atoms with Gasteiger partial charge < -0.3 is 19.0 Å². The van der Waals surface area contributed by atoms with E-state index in [1.165, 1.54) is 0 Å². The van der Waals surface area contributed by atoms with E-state index in [2.05, 4.69) is 15.1 Å². The zero-order valence-corrected chi connectivity index (χ0v) is 15.8. The fourth-order valence-electron chi connectivity index (χ4n) is 3.02. The minimum Gasteiger partial charge on any atom is -0.493 e. The molecule has 0 aliphatic heterocycles. The Kier molecular flexibility index (Phi) is 4.57. The van der Waals surface area contributed by atoms with Crippen LogP contribution in [-0.4, -0.2) is 28.8 Å². The molecule has 0 unspecified atom stereocenters. The molecule has 1 N–H and O–H groups in total. The van der Waals surface area contributed by atoms with Crippen molar-refractivity contribution in [1.29, 1.82) is 0 Å². The van der Waals surface area contributed by atoms with Gasteiger partial charge in [0.2, 0.25) is 11.3 Å². The maximum absolute atomic E-state index is 12.9. The molecule has 2 heterocycles. The van der Waals surface area contributed by atoms with E-state index in [9.17, 15) is 4.79 Å². The number of pyridine rings is 1. The molecule has 4 aromatic rings. The Morgan fingerprint density at radius 1 is 1.14 bits per heavy atom. The molecule has 0 spiro atoms. The van der Waals surface area contributed by atoms with Crippen LogP contribution in [0.15, 0.2) is 51.9 Å². The van der Waals surface area contributed by atoms with Crippen LogP contribution in [0.2, 0.25) is 0 Å². The molecule has 0 atom stereocenters. The smallest absolute Gasteiger partial charge is 0.263 e. The second-order valence-corrected chi connectivity index (χ2v) is 6.30. The van der Waals surface area contributed by atoms with Gasteiger partial charge in [-0.1, -0.05) is 16.8 Å². The summed E-state index contributed by atoms with van der Waals surface area (Å²) in [5.41, 5.74) is 2.63. The fraction of sp³-hybridized carbons (Fsp3) is 0.190. The molecule has 0 bridgehead atoms. The van der Waals surface area contributed by atoms with E-state index in [0.29, 0.717) is 40.4 Å². The topological polar surface area (TPSA) is 90.2 Å². The van der Waals surface area contributed by atoms with Gasteiger partial charge in [-0.15, -0.1) is 0 Å². The molecule has 0 saturated heterocycles. The van der Waals surface area contributed by atoms with Gasteiger partial charge in [0.05, 0.1) is 13.7 Å². The Hall–Kier alpha value is -3.61. The third-order valence-electron chi connectivity index (χ3n) is 4.41. The monoisotopic (exact) mass is 377 g/mol. The summed E-state index contributed by atoms with van der Waals surface area (Å²) in [6.45, 7) is 4.38. The first kappa shape index (κ1) is 17.8. The van der Waals surface area contributed by atoms with Crippen molar-refractivity contribution in [3.8, 4) is 34.3 Å². The van der Waals surface area contributed by atoms with Crippen LogP contribution in [0.3, 0.4) is 0 Å². The fourth-order valence-corrected chi connectivity index (χ4v) is 3.02. The molecule has 0 fully saturated rings. The van der Waals surface area contributed by atoms with Crippen LogP contribution in [0.1, 0.15) is 12.5 Å². The molecule has 142 valence electrons. The van der Waals surface area contributed by atoms with Gasteiger partial charge in [0.1, 0.15) is 5.56 Å². The number of aryl methyl sites for hydroxylation is 1. The standard InChI is InChI=1S/C21H19N3O4/c1-4-27-17-8-6-13(10-18(17)26-3)20-23-21(28-24-20)15-11-22-16-7-5-12(2)9-14(16)19(15)25/h5-11H,4H2,1-3H3,(H,22,25). The van der Waals surface area contributed by atoms with Crippen LogP contribution < -0.4 is 14.9 Å². The molecule has 0 radical (unpaired) electrons. The minimum atomic E-state index is -0.156. The number of ether oxygens (including phenoxy) is 2. The van der Waals surface area contributed by atoms with Crippen molar-refractivity contribution in [2.45, 2.75) is 13.8 Å². The van der Waals surface area contributed by atoms with Gasteiger partial charge in [-0.05, 0) is 44.2 Å². The third kappa shape index (κ3) is 3.11. The van der Waals surface area contributed by atoms with Gasteiger partial charge in [0, 0.05) is 22.7 Å². The van der Waals surface area contributed by atoms with E-state index in [0.717, 1.165) is 11.1 Å². The van der Waals surface area contributed by atoms with Crippen molar-refractivity contribution in [1.82, 2.24) is 15.1 Å². The number of fused-ring (bicyclic) bond motifs is 1. The van der Waals surface area contributed by atoms with E-state index < -0.39 is 0 Å². The van der Waals surface area contributed by atoms with Crippen LogP contribution in [0, 0.1) is 6.92 Å². The highest BCUT2D eigenvalue weighted by Crippen LogP contribution is 2.32. The van der Waals surface area contributed by atoms with Crippen molar-refractivity contribution < 1.29 is 14.0 Å². The molecule has 0 amide bonds. The van der Waals surface area contributed by atoms with Crippen LogP contribution >= 0.6 is 0 Å². The number of methoxy groups -OCH3 is 1. The van der Waals surface area contributed by atoms with Gasteiger partial charge in [0.15, 0.2) is 11.5 Å². The van der Waals surface area contributed by atoms with Crippen molar-refractivity contribution in [3.63, 3.8) is 0 Å². The second kappa shape index (κ2) is 7.19. The minimum absolute atomic E-state index is 0.156. The zero-order chi connectivity index (χ0) is 19.7. The molecule has 28 heavy (non-hydrogen) atoms. The van der Waals surface area contributed by atoms with Crippen LogP contribution in [0.4, 0.5) is 0 Å². The number of nitrogens with zero attached hydrogens (tertiary/aromatic N) is 2. The molecular formula is C21H19N3O4. The summed E-state index contributed by atoms with van der Waals surface area (Å²) in [5.74, 6) is 1.73. The Morgan fingerprint density at radius 2 is 2.00 bits per heavy atom. The van der Waals surface area contributed by atoms with E-state index >= 15 is 0 Å². The highest BCUT2D eigenvalue weighted by atomic mass is 16.5. The molecule has 7 heteroatoms. The lowest BCUT2D eigenvalue weighted by molar-refractivity contribution is 0.311. The summed E-state index contributed by atoms with van der Waals surface area (Å²) in [4.78, 5) is 20.4. The van der Waals surface area contributed by atoms with Crippen LogP contribution in [0.25, 0.3) is 33.7 Å². The van der Waals surface area contributed by atoms with Crippen molar-refractivity contribution in [2.75, 3.05) is 13.7 Å². The Bertz CT molecular complexity index is 1210. The number of aromatic amines is 1. The number of aromatic nitrogens is 3. The lowest BCUT2D eigenvalue weighted by Crippen LogP contribution is -2.06. The first-order valence-corrected chi connectivity index (χ1v) is 8.88. The van der Waals surface area contributed by atoms with Gasteiger partial charge in [-0.25, -0.2) is 0 Å². The largest absolute Gasteiger partial charge is 0.493 e. The van der Waals surface area contributed by atoms with Crippen LogP contribution in [0.5, 0.6) is 11.5 Å². The summed E-state index contributed by atoms with van der Waals surface area (Å²) < 4.78 is 16.3. The van der Waals surface area contributed by atoms with Gasteiger partial charge in [0.25, 0.3) is 5.89 Å². The number of hydrogen-bond acceptors (Lipinski definition) is 6. The van der Waals surface area contributed by atoms with Gasteiger partial charge in [-0.3, -0.25) is 4.79 Å². The highest BCUT2D eigenvalue weighted by Gasteiger charge is 2.17. The average molecular weight is 377 g/mol. The summed E-state index contributed by atoms with van der Waals surface area (Å²) in [6, 6.07) is 11.0. The van der Waals surface area contributed by atoms with E-state index in [-0.39, 0.29) is 11.3 Å². The Morgan fingerprint density at radius 3 is 2.79 bits per heavy atom. The molecule has 0 aliphatic carbocycles. The van der Waals surface area contributed by atoms with Gasteiger partial charge in [-0.2, -0.15) is 4.98 Å². The molecule has 0 aliphatic rings. The number of rotatable bonds is 5. The van der Waals surface area contributed by atoms with Crippen LogP contribution in [-0.2, 0) is 0 Å². The predicted molar refractivity (Wildman–Crippen MR) is 106 cm³/mol. The van der Waals surface area contributed by atoms with Crippen molar-refractivity contribution >= 4 is 10.9 Å². The lowest BCUT2D eigenvalue weighted by Gasteiger charge is -2.09. The molecule has 2 aromatic carbocycles. The number of H-pyrrole nitrogens is 1. The number of nitrogens with one attached hydrogen (secondary N) is 1. The summed E-state index contributed by atoms with van der Waals surface area (Å²) in [5, 5.41) is 4.60. The number of hydrogen-bond donors (Lipinski definition) is 1. The van der Waals surface area contributed by atoms with E-state index in [1.54, 1.807) is 25.4 Å². The predicted octanol–water partition coefficient (Wildman–Crippen LogP) is 3.96. The third-order valence-corrected chi connectivity index (χ3v) is 4.41. The quantitative estimate of drug-likeness (QED) is 0.566. The lowest BCUT2D eigenvalue weighted by atomic mass is 10.1. The summed E-state index contributed by atoms with van der Waals surface area (Å²) in [7, 11) is 1.57. The Balaban J connectivity index is 1.75. The maximum atomic E-state index is 12.9. The molecule has 4 rings (SSSR count). The first-order chi connectivity index (χ1) is 13.6. The van der Waals surface area contributed by atoms with Crippen molar-refractivity contribution in [2.24, 2.45) is 0 Å². The second-order valence-electron chi connectivity index (χ2n) is 6.30. The SMILES string of the molecule is CCOc1ccc(-c2noc(-c3c[nH]c4ccc(C)cc4c3=O)n2)cc1OC. The molecule has 2 aromatic heterocycles. The molecular weight excluding hydrogens is 358 g/mol. The van der Waals surface area contributed by atoms with Crippen molar-refractivity contribution in [3.05, 3.63) is 58.4 Å². The molecule has 0 saturated carbocycles. The zero-order valence-electron chi connectivity index (χ0n) is 15.8. The summed E-state index contributed by atoms with van der Waals surface area (Å²) in [6.07, 6.45) is 1.59. The highest BCUT2D eigenvalue weighted by molar-refractivity contribution is 5.82. The molecule has 7 nitrogen and oxygen atoms in total. The normalized spacial score (nSPS) is 11.0. The first-order valence-electron chi connectivity index (χ1n) is 8.88.